The number of sulfonamides is 1. The van der Waals surface area contributed by atoms with Crippen LogP contribution in [-0.4, -0.2) is 43.8 Å². The van der Waals surface area contributed by atoms with Crippen LogP contribution in [0.25, 0.3) is 0 Å². The Labute approximate surface area is 282 Å². The zero-order chi connectivity index (χ0) is 33.9. The molecule has 0 aromatic heterocycles. The maximum atomic E-state index is 14.6. The largest absolute Gasteiger partial charge is 0.457 e. The Hall–Kier alpha value is -5.41. The molecule has 0 unspecified atom stereocenters. The van der Waals surface area contributed by atoms with E-state index in [2.05, 4.69) is 5.32 Å². The summed E-state index contributed by atoms with van der Waals surface area (Å²) in [6.45, 7) is 3.29. The molecule has 0 radical (unpaired) electrons. The number of hydrogen-bond acceptors (Lipinski definition) is 5. The van der Waals surface area contributed by atoms with Gasteiger partial charge in [-0.1, -0.05) is 97.1 Å². The molecule has 1 N–H and O–H groups in total. The average Bonchev–Trinajstić information content (AvgIpc) is 3.10. The zero-order valence-corrected chi connectivity index (χ0v) is 27.8. The number of anilines is 1. The molecule has 5 aromatic rings. The van der Waals surface area contributed by atoms with Crippen molar-refractivity contribution in [3.63, 3.8) is 0 Å². The van der Waals surface area contributed by atoms with Gasteiger partial charge in [-0.3, -0.25) is 13.9 Å². The van der Waals surface area contributed by atoms with E-state index in [-0.39, 0.29) is 35.5 Å². The molecule has 0 aliphatic heterocycles. The molecule has 0 saturated carbocycles. The van der Waals surface area contributed by atoms with Crippen molar-refractivity contribution >= 4 is 27.5 Å². The summed E-state index contributed by atoms with van der Waals surface area (Å²) < 4.78 is 35.4. The number of carbonyl (C=O) groups excluding carboxylic acids is 2. The van der Waals surface area contributed by atoms with E-state index in [1.807, 2.05) is 105 Å². The maximum Gasteiger partial charge on any atom is 0.264 e. The van der Waals surface area contributed by atoms with Crippen molar-refractivity contribution in [3.8, 4) is 11.5 Å². The van der Waals surface area contributed by atoms with E-state index in [0.717, 1.165) is 15.4 Å². The number of nitrogens with one attached hydrogen (secondary N) is 1. The predicted octanol–water partition coefficient (Wildman–Crippen LogP) is 6.84. The van der Waals surface area contributed by atoms with Crippen LogP contribution in [0.5, 0.6) is 11.5 Å². The highest BCUT2D eigenvalue weighted by atomic mass is 32.2. The molecule has 0 bridgehead atoms. The number of para-hydroxylation sites is 1. The van der Waals surface area contributed by atoms with E-state index < -0.39 is 28.5 Å². The highest BCUT2D eigenvalue weighted by Gasteiger charge is 2.34. The molecule has 48 heavy (non-hydrogen) atoms. The standard InChI is InChI=1S/C39H39N3O5S/c1-30(2)40-39(44)37(27-31-15-7-3-8-16-31)41(28-32-17-9-4-10-18-32)38(43)29-42(48(45,46)36-21-13-6-14-22-36)33-23-25-35(26-24-33)47-34-19-11-5-12-20-34/h3-26,30,37H,27-29H2,1-2H3,(H,40,44)/t37-/m0/s1. The van der Waals surface area contributed by atoms with Crippen LogP contribution in [0.15, 0.2) is 150 Å². The minimum Gasteiger partial charge on any atom is -0.457 e. The maximum absolute atomic E-state index is 14.6. The second-order valence-corrected chi connectivity index (χ2v) is 13.5. The number of amides is 2. The molecule has 0 aliphatic carbocycles. The van der Waals surface area contributed by atoms with Gasteiger partial charge in [-0.2, -0.15) is 0 Å². The number of ether oxygens (including phenoxy) is 1. The third-order valence-electron chi connectivity index (χ3n) is 7.61. The van der Waals surface area contributed by atoms with Gasteiger partial charge in [-0.15, -0.1) is 0 Å². The van der Waals surface area contributed by atoms with Gasteiger partial charge in [0.15, 0.2) is 0 Å². The Morgan fingerprint density at radius 3 is 1.73 bits per heavy atom. The first-order valence-corrected chi connectivity index (χ1v) is 17.2. The summed E-state index contributed by atoms with van der Waals surface area (Å²) in [6.07, 6.45) is 0.245. The molecule has 5 aromatic carbocycles. The van der Waals surface area contributed by atoms with Crippen molar-refractivity contribution in [2.75, 3.05) is 10.8 Å². The lowest BCUT2D eigenvalue weighted by Gasteiger charge is -2.34. The lowest BCUT2D eigenvalue weighted by Crippen LogP contribution is -2.54. The molecule has 1 atom stereocenters. The van der Waals surface area contributed by atoms with Gasteiger partial charge in [0.25, 0.3) is 10.0 Å². The van der Waals surface area contributed by atoms with Gasteiger partial charge in [0, 0.05) is 19.0 Å². The van der Waals surface area contributed by atoms with Gasteiger partial charge in [-0.25, -0.2) is 8.42 Å². The van der Waals surface area contributed by atoms with Crippen LogP contribution < -0.4 is 14.4 Å². The summed E-state index contributed by atoms with van der Waals surface area (Å²) in [7, 11) is -4.21. The summed E-state index contributed by atoms with van der Waals surface area (Å²) in [6, 6.07) is 41.5. The fraction of sp³-hybridized carbons (Fsp3) is 0.179. The van der Waals surface area contributed by atoms with Gasteiger partial charge >= 0.3 is 0 Å². The molecular weight excluding hydrogens is 623 g/mol. The van der Waals surface area contributed by atoms with Crippen LogP contribution in [0.4, 0.5) is 5.69 Å². The molecule has 5 rings (SSSR count). The molecule has 0 heterocycles. The fourth-order valence-corrected chi connectivity index (χ4v) is 6.70. The monoisotopic (exact) mass is 661 g/mol. The lowest BCUT2D eigenvalue weighted by molar-refractivity contribution is -0.140. The Kier molecular flexibility index (Phi) is 11.3. The molecule has 246 valence electrons. The van der Waals surface area contributed by atoms with E-state index in [4.69, 9.17) is 4.74 Å². The normalized spacial score (nSPS) is 11.8. The van der Waals surface area contributed by atoms with Crippen molar-refractivity contribution in [1.29, 1.82) is 0 Å². The predicted molar refractivity (Wildman–Crippen MR) is 188 cm³/mol. The van der Waals surface area contributed by atoms with Crippen molar-refractivity contribution < 1.29 is 22.7 Å². The van der Waals surface area contributed by atoms with Crippen molar-refractivity contribution in [3.05, 3.63) is 157 Å². The molecule has 9 heteroatoms. The highest BCUT2D eigenvalue weighted by Crippen LogP contribution is 2.29. The molecule has 0 spiro atoms. The number of nitrogens with zero attached hydrogens (tertiary/aromatic N) is 2. The number of benzene rings is 5. The van der Waals surface area contributed by atoms with Crippen molar-refractivity contribution in [1.82, 2.24) is 10.2 Å². The van der Waals surface area contributed by atoms with Crippen LogP contribution in [0.1, 0.15) is 25.0 Å². The fourth-order valence-electron chi connectivity index (χ4n) is 5.27. The van der Waals surface area contributed by atoms with E-state index in [0.29, 0.717) is 11.5 Å². The van der Waals surface area contributed by atoms with E-state index >= 15 is 0 Å². The second-order valence-electron chi connectivity index (χ2n) is 11.6. The van der Waals surface area contributed by atoms with E-state index in [9.17, 15) is 18.0 Å². The van der Waals surface area contributed by atoms with Crippen molar-refractivity contribution in [2.24, 2.45) is 0 Å². The summed E-state index contributed by atoms with van der Waals surface area (Å²) in [5, 5.41) is 2.97. The van der Waals surface area contributed by atoms with E-state index in [1.54, 1.807) is 42.5 Å². The van der Waals surface area contributed by atoms with Gasteiger partial charge in [0.05, 0.1) is 10.6 Å². The first-order valence-electron chi connectivity index (χ1n) is 15.8. The molecular formula is C39H39N3O5S. The van der Waals surface area contributed by atoms with Crippen LogP contribution in [0, 0.1) is 0 Å². The quantitative estimate of drug-likeness (QED) is 0.141. The minimum atomic E-state index is -4.21. The van der Waals surface area contributed by atoms with E-state index in [1.165, 1.54) is 17.0 Å². The topological polar surface area (TPSA) is 96.0 Å². The number of carbonyl (C=O) groups is 2. The van der Waals surface area contributed by atoms with Gasteiger partial charge in [0.1, 0.15) is 24.1 Å². The first-order chi connectivity index (χ1) is 23.2. The zero-order valence-electron chi connectivity index (χ0n) is 27.0. The lowest BCUT2D eigenvalue weighted by atomic mass is 10.0. The van der Waals surface area contributed by atoms with Crippen LogP contribution in [0.3, 0.4) is 0 Å². The molecule has 8 nitrogen and oxygen atoms in total. The highest BCUT2D eigenvalue weighted by molar-refractivity contribution is 7.92. The van der Waals surface area contributed by atoms with Crippen molar-refractivity contribution in [2.45, 2.75) is 43.8 Å². The molecule has 0 fully saturated rings. The number of rotatable bonds is 14. The number of hydrogen-bond donors (Lipinski definition) is 1. The average molecular weight is 662 g/mol. The van der Waals surface area contributed by atoms with Crippen LogP contribution in [-0.2, 0) is 32.6 Å². The minimum absolute atomic E-state index is 0.0374. The summed E-state index contributed by atoms with van der Waals surface area (Å²) >= 11 is 0. The smallest absolute Gasteiger partial charge is 0.264 e. The summed E-state index contributed by atoms with van der Waals surface area (Å²) in [5.74, 6) is 0.294. The third-order valence-corrected chi connectivity index (χ3v) is 9.40. The first kappa shape index (κ1) is 33.9. The Morgan fingerprint density at radius 2 is 1.17 bits per heavy atom. The molecule has 2 amide bonds. The second kappa shape index (κ2) is 15.9. The Bertz CT molecular complexity index is 1870. The Balaban J connectivity index is 1.54. The summed E-state index contributed by atoms with van der Waals surface area (Å²) in [5.41, 5.74) is 1.95. The van der Waals surface area contributed by atoms with Crippen LogP contribution in [0.2, 0.25) is 0 Å². The third kappa shape index (κ3) is 8.89. The van der Waals surface area contributed by atoms with Gasteiger partial charge in [-0.05, 0) is 73.5 Å². The SMILES string of the molecule is CC(C)NC(=O)[C@H](Cc1ccccc1)N(Cc1ccccc1)C(=O)CN(c1ccc(Oc2ccccc2)cc1)S(=O)(=O)c1ccccc1. The van der Waals surface area contributed by atoms with Gasteiger partial charge < -0.3 is 15.0 Å². The molecule has 0 aliphatic rings. The molecule has 0 saturated heterocycles. The van der Waals surface area contributed by atoms with Crippen LogP contribution >= 0.6 is 0 Å². The summed E-state index contributed by atoms with van der Waals surface area (Å²) in [4.78, 5) is 29.9. The van der Waals surface area contributed by atoms with Gasteiger partial charge in [0.2, 0.25) is 11.8 Å². The Morgan fingerprint density at radius 1 is 0.667 bits per heavy atom.